The first-order valence-corrected chi connectivity index (χ1v) is 8.48. The van der Waals surface area contributed by atoms with Crippen molar-refractivity contribution in [3.05, 3.63) is 28.7 Å². The highest BCUT2D eigenvalue weighted by Crippen LogP contribution is 2.15. The molecule has 1 amide bonds. The molecule has 0 bridgehead atoms. The number of nitrogens with zero attached hydrogens (tertiary/aromatic N) is 1. The van der Waals surface area contributed by atoms with Gasteiger partial charge in [0.2, 0.25) is 5.91 Å². The lowest BCUT2D eigenvalue weighted by Crippen LogP contribution is -2.48. The Labute approximate surface area is 135 Å². The molecule has 1 atom stereocenters. The third-order valence-corrected chi connectivity index (χ3v) is 4.30. The predicted molar refractivity (Wildman–Crippen MR) is 90.5 cm³/mol. The highest BCUT2D eigenvalue weighted by molar-refractivity contribution is 9.10. The number of halogens is 1. The molecule has 0 aromatic heterocycles. The lowest BCUT2D eigenvalue weighted by atomic mass is 10.1. The van der Waals surface area contributed by atoms with Gasteiger partial charge in [0, 0.05) is 22.7 Å². The van der Waals surface area contributed by atoms with Crippen LogP contribution in [0.15, 0.2) is 28.7 Å². The molecule has 1 aromatic carbocycles. The molecule has 1 heterocycles. The van der Waals surface area contributed by atoms with Crippen LogP contribution >= 0.6 is 15.9 Å². The van der Waals surface area contributed by atoms with E-state index in [1.54, 1.807) is 0 Å². The molecule has 0 aliphatic carbocycles. The van der Waals surface area contributed by atoms with Crippen LogP contribution in [0, 0.1) is 0 Å². The summed E-state index contributed by atoms with van der Waals surface area (Å²) in [6, 6.07) is 8.17. The molecular weight excluding hydrogens is 330 g/mol. The van der Waals surface area contributed by atoms with Gasteiger partial charge in [-0.1, -0.05) is 22.9 Å². The third kappa shape index (κ3) is 5.41. The minimum atomic E-state index is 0.0661. The Morgan fingerprint density at radius 1 is 1.43 bits per heavy atom. The van der Waals surface area contributed by atoms with Crippen molar-refractivity contribution in [2.75, 3.05) is 31.5 Å². The van der Waals surface area contributed by atoms with E-state index < -0.39 is 0 Å². The molecular formula is C16H24BrN3O. The Morgan fingerprint density at radius 2 is 2.19 bits per heavy atom. The molecule has 1 aromatic rings. The number of rotatable bonds is 6. The summed E-state index contributed by atoms with van der Waals surface area (Å²) in [4.78, 5) is 14.5. The molecule has 0 saturated carbocycles. The fraction of sp³-hybridized carbons (Fsp3) is 0.562. The maximum Gasteiger partial charge on any atom is 0.238 e. The summed E-state index contributed by atoms with van der Waals surface area (Å²) < 4.78 is 1.02. The molecule has 1 saturated heterocycles. The average Bonchev–Trinajstić information content (AvgIpc) is 2.50. The number of piperidine rings is 1. The SMILES string of the molecule is CCCN(CC(=O)Nc1ccc(Br)cc1)C1CCCNC1. The second-order valence-electron chi connectivity index (χ2n) is 5.53. The molecule has 1 aliphatic rings. The summed E-state index contributed by atoms with van der Waals surface area (Å²) in [6.45, 7) is 5.69. The Balaban J connectivity index is 1.89. The van der Waals surface area contributed by atoms with Crippen LogP contribution in [0.1, 0.15) is 26.2 Å². The summed E-state index contributed by atoms with van der Waals surface area (Å²) in [5.74, 6) is 0.0661. The van der Waals surface area contributed by atoms with Gasteiger partial charge in [-0.3, -0.25) is 9.69 Å². The fourth-order valence-electron chi connectivity index (χ4n) is 2.74. The van der Waals surface area contributed by atoms with Gasteiger partial charge in [0.25, 0.3) is 0 Å². The van der Waals surface area contributed by atoms with Crippen molar-refractivity contribution in [2.45, 2.75) is 32.2 Å². The van der Waals surface area contributed by atoms with E-state index in [4.69, 9.17) is 0 Å². The van der Waals surface area contributed by atoms with Crippen LogP contribution in [-0.2, 0) is 4.79 Å². The van der Waals surface area contributed by atoms with E-state index in [9.17, 15) is 4.79 Å². The minimum absolute atomic E-state index is 0.0661. The van der Waals surface area contributed by atoms with E-state index in [0.29, 0.717) is 12.6 Å². The second kappa shape index (κ2) is 8.51. The molecule has 2 N–H and O–H groups in total. The van der Waals surface area contributed by atoms with Crippen molar-refractivity contribution in [2.24, 2.45) is 0 Å². The van der Waals surface area contributed by atoms with Crippen molar-refractivity contribution < 1.29 is 4.79 Å². The van der Waals surface area contributed by atoms with Crippen molar-refractivity contribution in [1.29, 1.82) is 0 Å². The minimum Gasteiger partial charge on any atom is -0.325 e. The van der Waals surface area contributed by atoms with Crippen LogP contribution in [0.2, 0.25) is 0 Å². The lowest BCUT2D eigenvalue weighted by molar-refractivity contribution is -0.118. The predicted octanol–water partition coefficient (Wildman–Crippen LogP) is 2.85. The van der Waals surface area contributed by atoms with Crippen molar-refractivity contribution in [3.8, 4) is 0 Å². The Bertz CT molecular complexity index is 443. The lowest BCUT2D eigenvalue weighted by Gasteiger charge is -2.34. The molecule has 2 rings (SSSR count). The zero-order chi connectivity index (χ0) is 15.1. The van der Waals surface area contributed by atoms with Crippen LogP contribution in [0.5, 0.6) is 0 Å². The molecule has 0 spiro atoms. The van der Waals surface area contributed by atoms with Crippen molar-refractivity contribution in [1.82, 2.24) is 10.2 Å². The number of hydrogen-bond donors (Lipinski definition) is 2. The first kappa shape index (κ1) is 16.5. The average molecular weight is 354 g/mol. The second-order valence-corrected chi connectivity index (χ2v) is 6.44. The van der Waals surface area contributed by atoms with E-state index in [1.165, 1.54) is 12.8 Å². The number of amides is 1. The van der Waals surface area contributed by atoms with Crippen molar-refractivity contribution in [3.63, 3.8) is 0 Å². The van der Waals surface area contributed by atoms with Gasteiger partial charge in [-0.15, -0.1) is 0 Å². The zero-order valence-corrected chi connectivity index (χ0v) is 14.2. The summed E-state index contributed by atoms with van der Waals surface area (Å²) >= 11 is 3.40. The largest absolute Gasteiger partial charge is 0.325 e. The monoisotopic (exact) mass is 353 g/mol. The molecule has 1 unspecified atom stereocenters. The van der Waals surface area contributed by atoms with Crippen LogP contribution in [0.4, 0.5) is 5.69 Å². The first-order chi connectivity index (χ1) is 10.2. The van der Waals surface area contributed by atoms with Gasteiger partial charge in [0.05, 0.1) is 6.54 Å². The van der Waals surface area contributed by atoms with Gasteiger partial charge in [0.15, 0.2) is 0 Å². The van der Waals surface area contributed by atoms with E-state index >= 15 is 0 Å². The Kier molecular flexibility index (Phi) is 6.67. The normalized spacial score (nSPS) is 18.7. The van der Waals surface area contributed by atoms with Crippen LogP contribution in [0.3, 0.4) is 0 Å². The van der Waals surface area contributed by atoms with Crippen LogP contribution in [-0.4, -0.2) is 43.0 Å². The molecule has 21 heavy (non-hydrogen) atoms. The molecule has 4 nitrogen and oxygen atoms in total. The highest BCUT2D eigenvalue weighted by atomic mass is 79.9. The standard InChI is InChI=1S/C16H24BrN3O/c1-2-10-20(15-4-3-9-18-11-15)12-16(21)19-14-7-5-13(17)6-8-14/h5-8,15,18H,2-4,9-12H2,1H3,(H,19,21). The molecule has 0 radical (unpaired) electrons. The van der Waals surface area contributed by atoms with Gasteiger partial charge in [-0.05, 0) is 56.6 Å². The first-order valence-electron chi connectivity index (χ1n) is 7.69. The summed E-state index contributed by atoms with van der Waals surface area (Å²) in [6.07, 6.45) is 3.44. The number of anilines is 1. The van der Waals surface area contributed by atoms with Crippen molar-refractivity contribution >= 4 is 27.5 Å². The Hall–Kier alpha value is -0.910. The number of benzene rings is 1. The summed E-state index contributed by atoms with van der Waals surface area (Å²) in [7, 11) is 0. The number of nitrogens with one attached hydrogen (secondary N) is 2. The van der Waals surface area contributed by atoms with Gasteiger partial charge >= 0.3 is 0 Å². The quantitative estimate of drug-likeness (QED) is 0.826. The molecule has 116 valence electrons. The number of carbonyl (C=O) groups is 1. The number of carbonyl (C=O) groups excluding carboxylic acids is 1. The maximum atomic E-state index is 12.2. The molecule has 5 heteroatoms. The van der Waals surface area contributed by atoms with Gasteiger partial charge < -0.3 is 10.6 Å². The van der Waals surface area contributed by atoms with Crippen LogP contribution < -0.4 is 10.6 Å². The third-order valence-electron chi connectivity index (χ3n) is 3.77. The van der Waals surface area contributed by atoms with Gasteiger partial charge in [-0.25, -0.2) is 0 Å². The highest BCUT2D eigenvalue weighted by Gasteiger charge is 2.22. The molecule has 1 aliphatic heterocycles. The number of hydrogen-bond acceptors (Lipinski definition) is 3. The fourth-order valence-corrected chi connectivity index (χ4v) is 3.01. The van der Waals surface area contributed by atoms with E-state index in [0.717, 1.165) is 36.2 Å². The zero-order valence-electron chi connectivity index (χ0n) is 12.6. The summed E-state index contributed by atoms with van der Waals surface area (Å²) in [5.41, 5.74) is 0.849. The van der Waals surface area contributed by atoms with E-state index in [-0.39, 0.29) is 5.91 Å². The van der Waals surface area contributed by atoms with Crippen LogP contribution in [0.25, 0.3) is 0 Å². The summed E-state index contributed by atoms with van der Waals surface area (Å²) in [5, 5.41) is 6.40. The topological polar surface area (TPSA) is 44.4 Å². The molecule has 1 fully saturated rings. The van der Waals surface area contributed by atoms with E-state index in [1.807, 2.05) is 24.3 Å². The van der Waals surface area contributed by atoms with Gasteiger partial charge in [0.1, 0.15) is 0 Å². The van der Waals surface area contributed by atoms with E-state index in [2.05, 4.69) is 38.4 Å². The Morgan fingerprint density at radius 3 is 2.81 bits per heavy atom. The maximum absolute atomic E-state index is 12.2. The van der Waals surface area contributed by atoms with Gasteiger partial charge in [-0.2, -0.15) is 0 Å². The smallest absolute Gasteiger partial charge is 0.238 e.